The van der Waals surface area contributed by atoms with Crippen molar-refractivity contribution in [3.05, 3.63) is 70.1 Å². The van der Waals surface area contributed by atoms with Gasteiger partial charge in [-0.25, -0.2) is 4.68 Å². The van der Waals surface area contributed by atoms with E-state index >= 15 is 0 Å². The summed E-state index contributed by atoms with van der Waals surface area (Å²) in [4.78, 5) is 28.7. The molecule has 0 aliphatic heterocycles. The Balaban J connectivity index is 1.65. The first-order valence-electron chi connectivity index (χ1n) is 7.05. The Morgan fingerprint density at radius 1 is 1.17 bits per heavy atom. The van der Waals surface area contributed by atoms with E-state index in [9.17, 15) is 9.59 Å². The quantitative estimate of drug-likeness (QED) is 0.775. The number of thiophene rings is 1. The number of hydrogen-bond acceptors (Lipinski definition) is 5. The highest BCUT2D eigenvalue weighted by molar-refractivity contribution is 7.13. The van der Waals surface area contributed by atoms with E-state index in [-0.39, 0.29) is 11.5 Å². The van der Waals surface area contributed by atoms with Crippen molar-refractivity contribution in [3.8, 4) is 10.6 Å². The molecule has 0 fully saturated rings. The van der Waals surface area contributed by atoms with E-state index in [2.05, 4.69) is 15.4 Å². The summed E-state index contributed by atoms with van der Waals surface area (Å²) in [6, 6.07) is 12.2. The van der Waals surface area contributed by atoms with Gasteiger partial charge in [-0.3, -0.25) is 14.6 Å². The van der Waals surface area contributed by atoms with Gasteiger partial charge in [0.25, 0.3) is 11.5 Å². The van der Waals surface area contributed by atoms with E-state index in [1.54, 1.807) is 41.8 Å². The molecule has 116 valence electrons. The number of carbonyl (C=O) groups is 1. The van der Waals surface area contributed by atoms with Gasteiger partial charge < -0.3 is 5.32 Å². The van der Waals surface area contributed by atoms with Crippen molar-refractivity contribution in [1.29, 1.82) is 0 Å². The molecule has 6 nitrogen and oxygen atoms in total. The first-order chi connectivity index (χ1) is 11.2. The minimum atomic E-state index is -0.270. The lowest BCUT2D eigenvalue weighted by Gasteiger charge is -2.07. The molecule has 0 radical (unpaired) electrons. The topological polar surface area (TPSA) is 76.9 Å². The maximum atomic E-state index is 11.9. The van der Waals surface area contributed by atoms with Crippen LogP contribution in [0.3, 0.4) is 0 Å². The number of amides is 1. The average Bonchev–Trinajstić information content (AvgIpc) is 3.12. The van der Waals surface area contributed by atoms with Gasteiger partial charge in [-0.1, -0.05) is 12.1 Å². The second-order valence-corrected chi connectivity index (χ2v) is 5.68. The molecule has 0 atom stereocenters. The predicted molar refractivity (Wildman–Crippen MR) is 88.4 cm³/mol. The van der Waals surface area contributed by atoms with Crippen molar-refractivity contribution in [2.45, 2.75) is 6.54 Å². The number of pyridine rings is 1. The van der Waals surface area contributed by atoms with Crippen LogP contribution in [0.25, 0.3) is 10.6 Å². The molecule has 0 bridgehead atoms. The Morgan fingerprint density at radius 2 is 2.09 bits per heavy atom. The molecule has 3 rings (SSSR count). The van der Waals surface area contributed by atoms with Crippen molar-refractivity contribution in [1.82, 2.24) is 20.1 Å². The van der Waals surface area contributed by atoms with Gasteiger partial charge in [-0.15, -0.1) is 11.3 Å². The first-order valence-corrected chi connectivity index (χ1v) is 7.93. The smallest absolute Gasteiger partial charge is 0.269 e. The van der Waals surface area contributed by atoms with Gasteiger partial charge in [-0.2, -0.15) is 5.10 Å². The molecule has 0 aliphatic rings. The van der Waals surface area contributed by atoms with Gasteiger partial charge in [0.15, 0.2) is 0 Å². The van der Waals surface area contributed by atoms with Crippen molar-refractivity contribution < 1.29 is 4.79 Å². The largest absolute Gasteiger partial charge is 0.349 e. The lowest BCUT2D eigenvalue weighted by molar-refractivity contribution is 0.0947. The Morgan fingerprint density at radius 3 is 2.83 bits per heavy atom. The van der Waals surface area contributed by atoms with Crippen LogP contribution < -0.4 is 10.9 Å². The molecule has 3 heterocycles. The zero-order chi connectivity index (χ0) is 16.1. The van der Waals surface area contributed by atoms with Crippen molar-refractivity contribution >= 4 is 17.2 Å². The van der Waals surface area contributed by atoms with E-state index in [1.165, 1.54) is 10.7 Å². The third-order valence-corrected chi connectivity index (χ3v) is 4.04. The molecular weight excluding hydrogens is 312 g/mol. The minimum Gasteiger partial charge on any atom is -0.349 e. The van der Waals surface area contributed by atoms with Crippen LogP contribution in [0.1, 0.15) is 10.5 Å². The SMILES string of the molecule is O=C(NCCn1nc(-c2cccs2)ccc1=O)c1ccccn1. The summed E-state index contributed by atoms with van der Waals surface area (Å²) < 4.78 is 1.35. The molecule has 0 unspecified atom stereocenters. The second kappa shape index (κ2) is 6.97. The van der Waals surface area contributed by atoms with E-state index in [0.29, 0.717) is 18.8 Å². The standard InChI is InChI=1S/C16H14N4O2S/c21-15-7-6-12(14-5-3-11-23-14)19-20(15)10-9-18-16(22)13-4-1-2-8-17-13/h1-8,11H,9-10H2,(H,18,22). The summed E-state index contributed by atoms with van der Waals surface area (Å²) in [5.41, 5.74) is 0.896. The molecule has 1 amide bonds. The van der Waals surface area contributed by atoms with Gasteiger partial charge in [0.2, 0.25) is 0 Å². The Hall–Kier alpha value is -2.80. The van der Waals surface area contributed by atoms with Gasteiger partial charge in [0.1, 0.15) is 11.4 Å². The summed E-state index contributed by atoms with van der Waals surface area (Å²) in [5.74, 6) is -0.270. The minimum absolute atomic E-state index is 0.197. The van der Waals surface area contributed by atoms with Crippen LogP contribution in [0.15, 0.2) is 58.8 Å². The number of nitrogens with zero attached hydrogens (tertiary/aromatic N) is 3. The molecule has 23 heavy (non-hydrogen) atoms. The maximum absolute atomic E-state index is 11.9. The highest BCUT2D eigenvalue weighted by atomic mass is 32.1. The molecule has 1 N–H and O–H groups in total. The predicted octanol–water partition coefficient (Wildman–Crippen LogP) is 1.80. The molecule has 0 saturated heterocycles. The van der Waals surface area contributed by atoms with Crippen LogP contribution in [0.2, 0.25) is 0 Å². The van der Waals surface area contributed by atoms with E-state index in [0.717, 1.165) is 10.6 Å². The van der Waals surface area contributed by atoms with Crippen LogP contribution in [-0.2, 0) is 6.54 Å². The van der Waals surface area contributed by atoms with Crippen LogP contribution in [0, 0.1) is 0 Å². The fraction of sp³-hybridized carbons (Fsp3) is 0.125. The van der Waals surface area contributed by atoms with Crippen LogP contribution in [-0.4, -0.2) is 27.2 Å². The van der Waals surface area contributed by atoms with Crippen molar-refractivity contribution in [3.63, 3.8) is 0 Å². The second-order valence-electron chi connectivity index (χ2n) is 4.73. The number of nitrogens with one attached hydrogen (secondary N) is 1. The number of carbonyl (C=O) groups excluding carboxylic acids is 1. The zero-order valence-electron chi connectivity index (χ0n) is 12.2. The molecule has 3 aromatic rings. The third-order valence-electron chi connectivity index (χ3n) is 3.15. The van der Waals surface area contributed by atoms with Crippen molar-refractivity contribution in [2.24, 2.45) is 0 Å². The lowest BCUT2D eigenvalue weighted by Crippen LogP contribution is -2.32. The summed E-state index contributed by atoms with van der Waals surface area (Å²) in [6.07, 6.45) is 1.56. The monoisotopic (exact) mass is 326 g/mol. The lowest BCUT2D eigenvalue weighted by atomic mass is 10.3. The number of aromatic nitrogens is 3. The first kappa shape index (κ1) is 15.1. The Bertz CT molecular complexity index is 844. The third kappa shape index (κ3) is 3.70. The highest BCUT2D eigenvalue weighted by Gasteiger charge is 2.07. The molecule has 0 spiro atoms. The van der Waals surface area contributed by atoms with Crippen LogP contribution in [0.5, 0.6) is 0 Å². The van der Waals surface area contributed by atoms with E-state index in [1.807, 2.05) is 17.5 Å². The summed E-state index contributed by atoms with van der Waals surface area (Å²) in [5, 5.41) is 9.02. The average molecular weight is 326 g/mol. The molecular formula is C16H14N4O2S. The number of rotatable bonds is 5. The van der Waals surface area contributed by atoms with Gasteiger partial charge >= 0.3 is 0 Å². The highest BCUT2D eigenvalue weighted by Crippen LogP contribution is 2.20. The summed E-state index contributed by atoms with van der Waals surface area (Å²) >= 11 is 1.56. The molecule has 0 aliphatic carbocycles. The van der Waals surface area contributed by atoms with Gasteiger partial charge in [-0.05, 0) is 29.6 Å². The number of hydrogen-bond donors (Lipinski definition) is 1. The molecule has 3 aromatic heterocycles. The molecule has 0 aromatic carbocycles. The van der Waals surface area contributed by atoms with E-state index < -0.39 is 0 Å². The van der Waals surface area contributed by atoms with Crippen molar-refractivity contribution in [2.75, 3.05) is 6.54 Å². The van der Waals surface area contributed by atoms with Gasteiger partial charge in [0.05, 0.1) is 11.4 Å². The zero-order valence-corrected chi connectivity index (χ0v) is 13.0. The summed E-state index contributed by atoms with van der Waals surface area (Å²) in [6.45, 7) is 0.604. The summed E-state index contributed by atoms with van der Waals surface area (Å²) in [7, 11) is 0. The normalized spacial score (nSPS) is 10.4. The van der Waals surface area contributed by atoms with Crippen LogP contribution in [0.4, 0.5) is 0 Å². The van der Waals surface area contributed by atoms with Crippen LogP contribution >= 0.6 is 11.3 Å². The molecule has 7 heteroatoms. The van der Waals surface area contributed by atoms with E-state index in [4.69, 9.17) is 0 Å². The fourth-order valence-electron chi connectivity index (χ4n) is 2.03. The fourth-order valence-corrected chi connectivity index (χ4v) is 2.72. The Labute approximate surface area is 136 Å². The maximum Gasteiger partial charge on any atom is 0.269 e. The Kier molecular flexibility index (Phi) is 4.58. The molecule has 0 saturated carbocycles. The van der Waals surface area contributed by atoms with Gasteiger partial charge in [0, 0.05) is 18.8 Å².